The van der Waals surface area contributed by atoms with Gasteiger partial charge in [0.1, 0.15) is 35.6 Å². The van der Waals surface area contributed by atoms with Crippen molar-refractivity contribution in [2.24, 2.45) is 15.4 Å². The van der Waals surface area contributed by atoms with Crippen LogP contribution in [-0.4, -0.2) is 170 Å². The number of aromatic nitrogens is 4. The number of anilines is 1. The molecule has 0 aliphatic carbocycles. The number of likely N-dealkylation sites (tertiary alicyclic amines) is 1. The summed E-state index contributed by atoms with van der Waals surface area (Å²) in [5.74, 6) is 2.21. The van der Waals surface area contributed by atoms with Crippen LogP contribution in [0, 0.1) is 19.3 Å². The van der Waals surface area contributed by atoms with E-state index in [4.69, 9.17) is 14.2 Å². The number of rotatable bonds is 30. The molecule has 18 heteroatoms. The molecule has 6 rings (SSSR count). The maximum Gasteiger partial charge on any atom is 0.246 e. The number of amides is 2. The normalized spacial score (nSPS) is 17.0. The lowest BCUT2D eigenvalue weighted by atomic mass is 9.86. The van der Waals surface area contributed by atoms with E-state index < -0.39 is 11.5 Å². The highest BCUT2D eigenvalue weighted by Gasteiger charge is 2.35. The van der Waals surface area contributed by atoms with E-state index in [1.54, 1.807) is 23.7 Å². The van der Waals surface area contributed by atoms with Crippen LogP contribution in [0.2, 0.25) is 0 Å². The van der Waals surface area contributed by atoms with Gasteiger partial charge in [-0.3, -0.25) is 19.5 Å². The fraction of sp³-hybridized carbons (Fsp3) is 0.632. The largest absolute Gasteiger partial charge is 0.381 e. The lowest BCUT2D eigenvalue weighted by Crippen LogP contribution is -2.54. The molecule has 2 aliphatic rings. The molecular formula is C57H88N12O5S. The van der Waals surface area contributed by atoms with Crippen LogP contribution in [0.15, 0.2) is 63.9 Å². The predicted molar refractivity (Wildman–Crippen MR) is 305 cm³/mol. The van der Waals surface area contributed by atoms with Gasteiger partial charge in [0.2, 0.25) is 11.8 Å². The molecule has 1 aromatic carbocycles. The third kappa shape index (κ3) is 18.4. The number of benzene rings is 1. The number of nitrogens with zero attached hydrogens (tertiary/aromatic N) is 9. The molecule has 2 saturated heterocycles. The Labute approximate surface area is 451 Å². The summed E-state index contributed by atoms with van der Waals surface area (Å²) in [7, 11) is 1.87. The Hall–Kier alpha value is -4.95. The van der Waals surface area contributed by atoms with E-state index in [1.807, 2.05) is 59.4 Å². The number of hydrogen-bond acceptors (Lipinski definition) is 15. The molecule has 17 nitrogen and oxygen atoms in total. The average Bonchev–Trinajstić information content (AvgIpc) is 3.99. The summed E-state index contributed by atoms with van der Waals surface area (Å²) in [5.41, 5.74) is 6.84. The number of allylic oxidation sites excluding steroid dienone is 1. The van der Waals surface area contributed by atoms with Crippen LogP contribution in [-0.2, 0) is 23.8 Å². The van der Waals surface area contributed by atoms with Gasteiger partial charge in [0.25, 0.3) is 0 Å². The summed E-state index contributed by atoms with van der Waals surface area (Å²) in [6.45, 7) is 31.3. The molecule has 0 radical (unpaired) electrons. The van der Waals surface area contributed by atoms with Crippen LogP contribution in [0.4, 0.5) is 5.82 Å². The van der Waals surface area contributed by atoms with Crippen LogP contribution in [0.5, 0.6) is 0 Å². The van der Waals surface area contributed by atoms with Crippen molar-refractivity contribution in [3.05, 3.63) is 71.0 Å². The molecule has 5 heterocycles. The van der Waals surface area contributed by atoms with Crippen molar-refractivity contribution in [3.63, 3.8) is 0 Å². The number of hydrogen-bond donors (Lipinski definition) is 3. The monoisotopic (exact) mass is 1050 g/mol. The number of piperazine rings is 1. The number of ether oxygens (including phenoxy) is 3. The minimum atomic E-state index is -0.656. The van der Waals surface area contributed by atoms with Gasteiger partial charge in [0, 0.05) is 104 Å². The number of piperidine rings is 1. The second-order valence-electron chi connectivity index (χ2n) is 21.7. The maximum atomic E-state index is 13.2. The molecule has 412 valence electrons. The Morgan fingerprint density at radius 3 is 2.28 bits per heavy atom. The van der Waals surface area contributed by atoms with E-state index in [0.29, 0.717) is 57.0 Å². The quantitative estimate of drug-likeness (QED) is 0.0335. The molecule has 4 aromatic rings. The van der Waals surface area contributed by atoms with E-state index in [9.17, 15) is 9.59 Å². The van der Waals surface area contributed by atoms with E-state index in [1.165, 1.54) is 16.0 Å². The standard InChI is InChI=1S/C57H88N12O5S/c1-42(2)69-45(5)63-48-38-61-51(37-49(48)69)64-50(58-9)20-25-59-40-68-28-22-57(72-10,23-29-68)21-27-67-32-30-66(31-33-67)26-13-34-73-35-14-36-74-39-52(70)65-54(56(6,7)8)55(71)60-24-12-11-15-43(3)46-16-18-47(19-17-46)53-44(4)62-41-75-53/h16-20,25,37-38,41-43,54H,9,11-15,21-24,26-36,39-40H2,1-8,10H3,(H,60,71)(H,61,64)(H,65,70)/b50-20+,59-25-. The smallest absolute Gasteiger partial charge is 0.246 e. The molecule has 0 spiro atoms. The first kappa shape index (κ1) is 59.3. The summed E-state index contributed by atoms with van der Waals surface area (Å²) in [6.07, 6.45) is 13.0. The SMILES string of the molecule is C=N/C(=C\C=N/CN1CCC(CCN2CCN(CCCOCCCOCC(=O)NC(C(=O)NCCCCC(C)c3ccc(-c4scnc4C)cc3)C(C)(C)C)CC2)(OC)CC1)Nc1cc2c(cn1)nc(C)n2C(C)C. The van der Waals surface area contributed by atoms with Gasteiger partial charge in [-0.15, -0.1) is 11.3 Å². The number of methoxy groups -OCH3 is 1. The van der Waals surface area contributed by atoms with Crippen molar-refractivity contribution in [2.45, 2.75) is 130 Å². The van der Waals surface area contributed by atoms with Crippen LogP contribution in [0.1, 0.15) is 122 Å². The Balaban J connectivity index is 0.758. The first-order valence-electron chi connectivity index (χ1n) is 27.3. The zero-order valence-electron chi connectivity index (χ0n) is 46.7. The topological polar surface area (TPSA) is 176 Å². The molecule has 2 aliphatic heterocycles. The highest BCUT2D eigenvalue weighted by molar-refractivity contribution is 7.13. The van der Waals surface area contributed by atoms with Gasteiger partial charge in [-0.1, -0.05) is 58.4 Å². The Kier molecular flexibility index (Phi) is 23.4. The number of aryl methyl sites for hydroxylation is 2. The van der Waals surface area contributed by atoms with Gasteiger partial charge in [-0.2, -0.15) is 0 Å². The van der Waals surface area contributed by atoms with Crippen molar-refractivity contribution in [1.29, 1.82) is 0 Å². The van der Waals surface area contributed by atoms with Gasteiger partial charge >= 0.3 is 0 Å². The number of carbonyl (C=O) groups excluding carboxylic acids is 2. The van der Waals surface area contributed by atoms with E-state index >= 15 is 0 Å². The number of aliphatic imine (C=N–C) groups is 2. The minimum Gasteiger partial charge on any atom is -0.381 e. The van der Waals surface area contributed by atoms with Gasteiger partial charge in [0.15, 0.2) is 0 Å². The summed E-state index contributed by atoms with van der Waals surface area (Å²) < 4.78 is 20.0. The Bertz CT molecular complexity index is 2450. The molecule has 2 atom stereocenters. The van der Waals surface area contributed by atoms with Gasteiger partial charge in [0.05, 0.1) is 40.1 Å². The first-order valence-corrected chi connectivity index (χ1v) is 28.2. The summed E-state index contributed by atoms with van der Waals surface area (Å²) in [6, 6.07) is 10.4. The number of carbonyl (C=O) groups is 2. The molecule has 75 heavy (non-hydrogen) atoms. The molecular weight excluding hydrogens is 965 g/mol. The molecule has 0 saturated carbocycles. The molecule has 0 bridgehead atoms. The summed E-state index contributed by atoms with van der Waals surface area (Å²) in [5, 5.41) is 9.24. The minimum absolute atomic E-state index is 0.0896. The highest BCUT2D eigenvalue weighted by Crippen LogP contribution is 2.32. The zero-order chi connectivity index (χ0) is 53.8. The second kappa shape index (κ2) is 29.5. The predicted octanol–water partition coefficient (Wildman–Crippen LogP) is 8.66. The first-order chi connectivity index (χ1) is 36.1. The van der Waals surface area contributed by atoms with Crippen molar-refractivity contribution in [2.75, 3.05) is 104 Å². The van der Waals surface area contributed by atoms with E-state index in [0.717, 1.165) is 120 Å². The molecule has 3 aromatic heterocycles. The van der Waals surface area contributed by atoms with Gasteiger partial charge in [-0.25, -0.2) is 19.9 Å². The fourth-order valence-electron chi connectivity index (χ4n) is 10.0. The van der Waals surface area contributed by atoms with Crippen LogP contribution in [0.3, 0.4) is 0 Å². The third-order valence-corrected chi connectivity index (χ3v) is 15.7. The molecule has 2 fully saturated rings. The number of unbranched alkanes of at least 4 members (excludes halogenated alkanes) is 1. The lowest BCUT2D eigenvalue weighted by molar-refractivity contribution is -0.134. The van der Waals surface area contributed by atoms with Gasteiger partial charge in [-0.05, 0) is 108 Å². The average molecular weight is 1050 g/mol. The van der Waals surface area contributed by atoms with Crippen LogP contribution < -0.4 is 16.0 Å². The second-order valence-corrected chi connectivity index (χ2v) is 22.6. The Morgan fingerprint density at radius 1 is 0.907 bits per heavy atom. The van der Waals surface area contributed by atoms with Gasteiger partial charge < -0.3 is 44.5 Å². The molecule has 2 amide bonds. The number of pyridine rings is 1. The number of imidazole rings is 1. The van der Waals surface area contributed by atoms with E-state index in [2.05, 4.69) is 112 Å². The van der Waals surface area contributed by atoms with Crippen molar-refractivity contribution in [3.8, 4) is 10.4 Å². The van der Waals surface area contributed by atoms with Crippen molar-refractivity contribution < 1.29 is 23.8 Å². The lowest BCUT2D eigenvalue weighted by Gasteiger charge is -2.42. The molecule has 3 N–H and O–H groups in total. The summed E-state index contributed by atoms with van der Waals surface area (Å²) >= 11 is 1.67. The number of thiazole rings is 1. The number of nitrogens with one attached hydrogen (secondary N) is 3. The summed E-state index contributed by atoms with van der Waals surface area (Å²) in [4.78, 5) is 57.2. The highest BCUT2D eigenvalue weighted by atomic mass is 32.1. The third-order valence-electron chi connectivity index (χ3n) is 14.7. The van der Waals surface area contributed by atoms with Crippen LogP contribution >= 0.6 is 11.3 Å². The molecule has 2 unspecified atom stereocenters. The fourth-order valence-corrected chi connectivity index (χ4v) is 10.9. The maximum absolute atomic E-state index is 13.2. The zero-order valence-corrected chi connectivity index (χ0v) is 47.5. The van der Waals surface area contributed by atoms with Crippen LogP contribution in [0.25, 0.3) is 21.5 Å². The van der Waals surface area contributed by atoms with E-state index in [-0.39, 0.29) is 30.1 Å². The van der Waals surface area contributed by atoms with Crippen molar-refractivity contribution >= 4 is 52.9 Å². The van der Waals surface area contributed by atoms with Crippen molar-refractivity contribution in [1.82, 2.24) is 44.9 Å². The number of fused-ring (bicyclic) bond motifs is 1. The Morgan fingerprint density at radius 2 is 1.61 bits per heavy atom.